The number of para-hydroxylation sites is 1. The summed E-state index contributed by atoms with van der Waals surface area (Å²) in [7, 11) is 0. The molecule has 2 aliphatic rings. The highest BCUT2D eigenvalue weighted by Crippen LogP contribution is 2.38. The molecule has 2 aromatic heterocycles. The van der Waals surface area contributed by atoms with Crippen molar-refractivity contribution in [2.45, 2.75) is 19.8 Å². The lowest BCUT2D eigenvalue weighted by atomic mass is 10.2. The van der Waals surface area contributed by atoms with Crippen molar-refractivity contribution < 1.29 is 4.79 Å². The summed E-state index contributed by atoms with van der Waals surface area (Å²) < 4.78 is 2.51. The number of thioether (sulfide) groups is 1. The van der Waals surface area contributed by atoms with Crippen molar-refractivity contribution in [2.24, 2.45) is 0 Å². The molecule has 0 N–H and O–H groups in total. The molecule has 2 saturated heterocycles. The number of pyridine rings is 1. The molecule has 8 heteroatoms. The van der Waals surface area contributed by atoms with Gasteiger partial charge in [0, 0.05) is 24.8 Å². The maximum Gasteiger partial charge on any atom is 0.270 e. The lowest BCUT2D eigenvalue weighted by Crippen LogP contribution is -2.27. The van der Waals surface area contributed by atoms with Crippen LogP contribution in [0.3, 0.4) is 0 Å². The van der Waals surface area contributed by atoms with Gasteiger partial charge in [-0.25, -0.2) is 4.68 Å². The molecule has 3 aromatic rings. The first kappa shape index (κ1) is 20.0. The van der Waals surface area contributed by atoms with E-state index in [2.05, 4.69) is 22.0 Å². The third-order valence-corrected chi connectivity index (χ3v) is 6.76. The minimum atomic E-state index is -0.123. The van der Waals surface area contributed by atoms with E-state index in [1.165, 1.54) is 11.8 Å². The molecule has 0 spiro atoms. The van der Waals surface area contributed by atoms with E-state index in [0.717, 1.165) is 48.7 Å². The molecule has 0 saturated carbocycles. The van der Waals surface area contributed by atoms with Crippen LogP contribution in [0.15, 0.2) is 59.8 Å². The monoisotopic (exact) mass is 447 g/mol. The van der Waals surface area contributed by atoms with Gasteiger partial charge in [-0.1, -0.05) is 42.2 Å². The number of thiocarbonyl (C=S) groups is 1. The van der Waals surface area contributed by atoms with E-state index in [1.807, 2.05) is 41.9 Å². The second-order valence-corrected chi connectivity index (χ2v) is 9.17. The molecule has 0 atom stereocenters. The lowest BCUT2D eigenvalue weighted by Gasteiger charge is -2.20. The fourth-order valence-electron chi connectivity index (χ4n) is 3.99. The number of carbonyl (C=O) groups is 1. The molecule has 156 valence electrons. The molecule has 5 rings (SSSR count). The molecule has 4 heterocycles. The highest BCUT2D eigenvalue weighted by molar-refractivity contribution is 8.27. The molecule has 1 aromatic carbocycles. The Hall–Kier alpha value is -2.97. The first-order valence-corrected chi connectivity index (χ1v) is 11.4. The van der Waals surface area contributed by atoms with E-state index in [-0.39, 0.29) is 5.91 Å². The van der Waals surface area contributed by atoms with Gasteiger partial charge in [0.2, 0.25) is 0 Å². The Morgan fingerprint density at radius 1 is 1.06 bits per heavy atom. The zero-order valence-electron chi connectivity index (χ0n) is 17.1. The van der Waals surface area contributed by atoms with Crippen molar-refractivity contribution in [3.63, 3.8) is 0 Å². The Balaban J connectivity index is 1.59. The zero-order valence-corrected chi connectivity index (χ0v) is 18.7. The summed E-state index contributed by atoms with van der Waals surface area (Å²) in [6.45, 7) is 3.96. The van der Waals surface area contributed by atoms with Gasteiger partial charge in [-0.15, -0.1) is 0 Å². The number of hydrogen-bond donors (Lipinski definition) is 0. The predicted octanol–water partition coefficient (Wildman–Crippen LogP) is 4.58. The van der Waals surface area contributed by atoms with Crippen LogP contribution in [0.1, 0.15) is 24.1 Å². The first-order valence-electron chi connectivity index (χ1n) is 10.2. The third kappa shape index (κ3) is 3.66. The van der Waals surface area contributed by atoms with Crippen molar-refractivity contribution in [2.75, 3.05) is 22.9 Å². The van der Waals surface area contributed by atoms with Gasteiger partial charge in [-0.3, -0.25) is 14.7 Å². The van der Waals surface area contributed by atoms with E-state index in [4.69, 9.17) is 17.3 Å². The van der Waals surface area contributed by atoms with E-state index in [9.17, 15) is 4.79 Å². The van der Waals surface area contributed by atoms with Crippen molar-refractivity contribution in [3.8, 4) is 5.69 Å². The minimum absolute atomic E-state index is 0.123. The van der Waals surface area contributed by atoms with Gasteiger partial charge < -0.3 is 4.90 Å². The normalized spacial score (nSPS) is 17.9. The molecule has 0 aliphatic carbocycles. The molecule has 0 bridgehead atoms. The van der Waals surface area contributed by atoms with Crippen LogP contribution in [-0.2, 0) is 4.79 Å². The van der Waals surface area contributed by atoms with Crippen LogP contribution < -0.4 is 9.80 Å². The van der Waals surface area contributed by atoms with Crippen LogP contribution in [-0.4, -0.2) is 38.1 Å². The Morgan fingerprint density at radius 2 is 1.81 bits per heavy atom. The summed E-state index contributed by atoms with van der Waals surface area (Å²) in [4.78, 5) is 21.9. The fraction of sp³-hybridized carbons (Fsp3) is 0.217. The topological polar surface area (TPSA) is 54.3 Å². The molecule has 0 unspecified atom stereocenters. The number of carbonyl (C=O) groups excluding carboxylic acids is 1. The number of nitrogens with zero attached hydrogens (tertiary/aromatic N) is 5. The summed E-state index contributed by atoms with van der Waals surface area (Å²) in [5.74, 6) is 0.912. The number of benzene rings is 1. The van der Waals surface area contributed by atoms with Crippen molar-refractivity contribution in [1.82, 2.24) is 14.8 Å². The molecule has 0 radical (unpaired) electrons. The second-order valence-electron chi connectivity index (χ2n) is 7.49. The molecule has 2 aliphatic heterocycles. The Kier molecular flexibility index (Phi) is 5.33. The van der Waals surface area contributed by atoms with Gasteiger partial charge in [0.05, 0.1) is 28.2 Å². The van der Waals surface area contributed by atoms with Crippen LogP contribution in [0.5, 0.6) is 0 Å². The number of rotatable bonds is 4. The summed E-state index contributed by atoms with van der Waals surface area (Å²) in [5.41, 5.74) is 3.55. The number of aromatic nitrogens is 3. The van der Waals surface area contributed by atoms with Crippen LogP contribution in [0.4, 0.5) is 11.5 Å². The van der Waals surface area contributed by atoms with E-state index < -0.39 is 0 Å². The fourth-order valence-corrected chi connectivity index (χ4v) is 5.27. The largest absolute Gasteiger partial charge is 0.356 e. The number of anilines is 2. The van der Waals surface area contributed by atoms with E-state index in [0.29, 0.717) is 14.9 Å². The number of amides is 1. The van der Waals surface area contributed by atoms with Gasteiger partial charge in [0.1, 0.15) is 5.82 Å². The smallest absolute Gasteiger partial charge is 0.270 e. The number of aryl methyl sites for hydroxylation is 1. The van der Waals surface area contributed by atoms with Crippen LogP contribution >= 0.6 is 24.0 Å². The molecular formula is C23H21N5OS2. The quantitative estimate of drug-likeness (QED) is 0.431. The van der Waals surface area contributed by atoms with E-state index >= 15 is 0 Å². The summed E-state index contributed by atoms with van der Waals surface area (Å²) in [6.07, 6.45) is 7.59. The summed E-state index contributed by atoms with van der Waals surface area (Å²) >= 11 is 6.84. The lowest BCUT2D eigenvalue weighted by molar-refractivity contribution is -0.113. The molecular weight excluding hydrogens is 426 g/mol. The second kappa shape index (κ2) is 8.28. The SMILES string of the molecule is Cc1nn(-c2ccccc2)c(N2CCCC2)c1/C=C1/SC(=S)N(c2cccnc2)C1=O. The Morgan fingerprint density at radius 3 is 2.52 bits per heavy atom. The molecule has 31 heavy (non-hydrogen) atoms. The van der Waals surface area contributed by atoms with E-state index in [1.54, 1.807) is 23.4 Å². The molecule has 2 fully saturated rings. The van der Waals surface area contributed by atoms with Gasteiger partial charge in [0.15, 0.2) is 4.32 Å². The van der Waals surface area contributed by atoms with Crippen LogP contribution in [0.2, 0.25) is 0 Å². The van der Waals surface area contributed by atoms with Gasteiger partial charge >= 0.3 is 0 Å². The highest BCUT2D eigenvalue weighted by atomic mass is 32.2. The summed E-state index contributed by atoms with van der Waals surface area (Å²) in [6, 6.07) is 13.8. The molecule has 6 nitrogen and oxygen atoms in total. The van der Waals surface area contributed by atoms with Crippen molar-refractivity contribution >= 4 is 51.8 Å². The first-order chi connectivity index (χ1) is 15.1. The standard InChI is InChI=1S/C23H21N5OS2/c1-16-19(14-20-22(29)27(23(30)31-20)18-10-7-11-24-15-18)21(26-12-5-6-13-26)28(25-16)17-8-3-2-4-9-17/h2-4,7-11,14-15H,5-6,12-13H2,1H3/b20-14+. The van der Waals surface area contributed by atoms with Crippen molar-refractivity contribution in [1.29, 1.82) is 0 Å². The molecule has 1 amide bonds. The highest BCUT2D eigenvalue weighted by Gasteiger charge is 2.34. The third-order valence-electron chi connectivity index (χ3n) is 5.46. The maximum atomic E-state index is 13.2. The van der Waals surface area contributed by atoms with Gasteiger partial charge in [-0.05, 0) is 50.1 Å². The Bertz CT molecular complexity index is 1170. The Labute approximate surface area is 190 Å². The van der Waals surface area contributed by atoms with Crippen LogP contribution in [0, 0.1) is 6.92 Å². The average Bonchev–Trinajstić information content (AvgIpc) is 3.49. The zero-order chi connectivity index (χ0) is 21.4. The summed E-state index contributed by atoms with van der Waals surface area (Å²) in [5, 5.41) is 4.84. The predicted molar refractivity (Wildman–Crippen MR) is 130 cm³/mol. The number of hydrogen-bond acceptors (Lipinski definition) is 6. The average molecular weight is 448 g/mol. The van der Waals surface area contributed by atoms with Crippen molar-refractivity contribution in [3.05, 3.63) is 71.0 Å². The van der Waals surface area contributed by atoms with Crippen LogP contribution in [0.25, 0.3) is 11.8 Å². The van der Waals surface area contributed by atoms with Gasteiger partial charge in [0.25, 0.3) is 5.91 Å². The maximum absolute atomic E-state index is 13.2. The van der Waals surface area contributed by atoms with Gasteiger partial charge in [-0.2, -0.15) is 5.10 Å². The minimum Gasteiger partial charge on any atom is -0.356 e.